The first kappa shape index (κ1) is 18.2. The highest BCUT2D eigenvalue weighted by atomic mass is 32.2. The van der Waals surface area contributed by atoms with E-state index in [9.17, 15) is 4.79 Å². The van der Waals surface area contributed by atoms with Crippen molar-refractivity contribution in [1.29, 1.82) is 0 Å². The number of hydrogen-bond acceptors (Lipinski definition) is 5. The lowest BCUT2D eigenvalue weighted by Gasteiger charge is -2.06. The molecular weight excluding hydrogens is 346 g/mol. The third-order valence-corrected chi connectivity index (χ3v) is 4.73. The van der Waals surface area contributed by atoms with Gasteiger partial charge in [0.2, 0.25) is 5.89 Å². The molecule has 1 N–H and O–H groups in total. The molecule has 0 unspecified atom stereocenters. The van der Waals surface area contributed by atoms with Crippen molar-refractivity contribution in [2.24, 2.45) is 0 Å². The van der Waals surface area contributed by atoms with E-state index in [-0.39, 0.29) is 11.9 Å². The zero-order valence-corrected chi connectivity index (χ0v) is 16.1. The summed E-state index contributed by atoms with van der Waals surface area (Å²) in [7, 11) is 0. The highest BCUT2D eigenvalue weighted by molar-refractivity contribution is 7.99. The first-order valence-electron chi connectivity index (χ1n) is 8.41. The second-order valence-electron chi connectivity index (χ2n) is 6.38. The van der Waals surface area contributed by atoms with Crippen molar-refractivity contribution in [2.75, 3.05) is 5.32 Å². The summed E-state index contributed by atoms with van der Waals surface area (Å²) in [6, 6.07) is 13.6. The molecule has 3 aromatic rings. The summed E-state index contributed by atoms with van der Waals surface area (Å²) < 4.78 is 5.63. The molecule has 0 bridgehead atoms. The number of amides is 1. The van der Waals surface area contributed by atoms with Gasteiger partial charge in [-0.2, -0.15) is 0 Å². The monoisotopic (exact) mass is 367 g/mol. The van der Waals surface area contributed by atoms with Gasteiger partial charge in [-0.25, -0.2) is 0 Å². The molecule has 0 fully saturated rings. The molecule has 1 heterocycles. The third kappa shape index (κ3) is 4.32. The van der Waals surface area contributed by atoms with Crippen LogP contribution in [0.5, 0.6) is 0 Å². The Morgan fingerprint density at radius 3 is 2.69 bits per heavy atom. The van der Waals surface area contributed by atoms with Crippen molar-refractivity contribution in [3.05, 3.63) is 59.2 Å². The van der Waals surface area contributed by atoms with Crippen molar-refractivity contribution in [3.8, 4) is 11.5 Å². The first-order chi connectivity index (χ1) is 12.4. The highest BCUT2D eigenvalue weighted by Crippen LogP contribution is 2.26. The van der Waals surface area contributed by atoms with E-state index < -0.39 is 0 Å². The third-order valence-electron chi connectivity index (χ3n) is 3.74. The molecule has 2 aromatic carbocycles. The van der Waals surface area contributed by atoms with E-state index in [4.69, 9.17) is 4.42 Å². The molecule has 1 amide bonds. The molecule has 134 valence electrons. The van der Waals surface area contributed by atoms with Crippen LogP contribution in [0.15, 0.2) is 51.8 Å². The average molecular weight is 367 g/mol. The van der Waals surface area contributed by atoms with E-state index in [2.05, 4.69) is 29.4 Å². The molecule has 1 aromatic heterocycles. The van der Waals surface area contributed by atoms with Crippen LogP contribution in [0.25, 0.3) is 11.5 Å². The second kappa shape index (κ2) is 7.74. The molecule has 0 aliphatic carbocycles. The number of hydrogen-bond donors (Lipinski definition) is 1. The molecule has 0 atom stereocenters. The van der Waals surface area contributed by atoms with Gasteiger partial charge in [-0.1, -0.05) is 42.7 Å². The number of aromatic nitrogens is 2. The Morgan fingerprint density at radius 1 is 1.12 bits per heavy atom. The molecule has 5 nitrogen and oxygen atoms in total. The lowest BCUT2D eigenvalue weighted by molar-refractivity contribution is 0.102. The van der Waals surface area contributed by atoms with Crippen molar-refractivity contribution in [1.82, 2.24) is 10.2 Å². The van der Waals surface area contributed by atoms with Gasteiger partial charge in [-0.3, -0.25) is 10.1 Å². The van der Waals surface area contributed by atoms with Gasteiger partial charge in [0, 0.05) is 21.3 Å². The fourth-order valence-corrected chi connectivity index (χ4v) is 3.40. The van der Waals surface area contributed by atoms with E-state index in [1.165, 1.54) is 0 Å². The summed E-state index contributed by atoms with van der Waals surface area (Å²) in [6.07, 6.45) is 0. The maximum atomic E-state index is 12.5. The Labute approximate surface area is 157 Å². The van der Waals surface area contributed by atoms with Crippen molar-refractivity contribution < 1.29 is 9.21 Å². The van der Waals surface area contributed by atoms with Crippen molar-refractivity contribution in [2.45, 2.75) is 37.8 Å². The Bertz CT molecular complexity index is 934. The minimum absolute atomic E-state index is 0.0906. The predicted molar refractivity (Wildman–Crippen MR) is 105 cm³/mol. The van der Waals surface area contributed by atoms with Gasteiger partial charge in [0.1, 0.15) is 0 Å². The van der Waals surface area contributed by atoms with Crippen LogP contribution in [0.2, 0.25) is 0 Å². The van der Waals surface area contributed by atoms with Crippen LogP contribution in [-0.4, -0.2) is 21.4 Å². The largest absolute Gasteiger partial charge is 0.403 e. The minimum Gasteiger partial charge on any atom is -0.403 e. The van der Waals surface area contributed by atoms with E-state index in [0.29, 0.717) is 16.7 Å². The summed E-state index contributed by atoms with van der Waals surface area (Å²) in [6.45, 7) is 8.22. The fourth-order valence-electron chi connectivity index (χ4n) is 2.50. The number of aryl methyl sites for hydroxylation is 2. The average Bonchev–Trinajstić information content (AvgIpc) is 3.05. The molecule has 0 radical (unpaired) electrons. The smallest absolute Gasteiger partial charge is 0.322 e. The fraction of sp³-hybridized carbons (Fsp3) is 0.250. The maximum absolute atomic E-state index is 12.5. The molecule has 26 heavy (non-hydrogen) atoms. The summed E-state index contributed by atoms with van der Waals surface area (Å²) in [5.41, 5.74) is 3.57. The van der Waals surface area contributed by atoms with Gasteiger partial charge >= 0.3 is 6.01 Å². The van der Waals surface area contributed by atoms with Gasteiger partial charge in [0.25, 0.3) is 5.91 Å². The van der Waals surface area contributed by atoms with Crippen LogP contribution in [0.3, 0.4) is 0 Å². The Morgan fingerprint density at radius 2 is 1.92 bits per heavy atom. The van der Waals surface area contributed by atoms with Gasteiger partial charge in [-0.15, -0.1) is 16.9 Å². The van der Waals surface area contributed by atoms with Crippen LogP contribution in [0, 0.1) is 13.8 Å². The molecular formula is C20H21N3O2S. The molecule has 0 spiro atoms. The van der Waals surface area contributed by atoms with Crippen molar-refractivity contribution >= 4 is 23.7 Å². The molecule has 0 saturated heterocycles. The zero-order chi connectivity index (χ0) is 18.7. The van der Waals surface area contributed by atoms with E-state index in [1.807, 2.05) is 50.2 Å². The van der Waals surface area contributed by atoms with Crippen LogP contribution < -0.4 is 5.32 Å². The predicted octanol–water partition coefficient (Wildman–Crippen LogP) is 5.11. The number of nitrogens with zero attached hydrogens (tertiary/aromatic N) is 2. The maximum Gasteiger partial charge on any atom is 0.322 e. The summed E-state index contributed by atoms with van der Waals surface area (Å²) in [5.74, 6) is 0.123. The van der Waals surface area contributed by atoms with Crippen LogP contribution >= 0.6 is 11.8 Å². The number of carbonyl (C=O) groups is 1. The Kier molecular flexibility index (Phi) is 5.42. The van der Waals surface area contributed by atoms with Gasteiger partial charge in [-0.05, 0) is 43.7 Å². The lowest BCUT2D eigenvalue weighted by Crippen LogP contribution is -2.12. The number of benzene rings is 2. The minimum atomic E-state index is -0.271. The second-order valence-corrected chi connectivity index (χ2v) is 8.03. The quantitative estimate of drug-likeness (QED) is 0.635. The molecule has 0 aliphatic heterocycles. The van der Waals surface area contributed by atoms with Crippen LogP contribution in [-0.2, 0) is 0 Å². The standard InChI is InChI=1S/C20H21N3O2S/c1-12(2)26-16-7-5-6-15(11-16)18(24)21-20-23-22-19(25-20)17-10-13(3)8-9-14(17)4/h5-12H,1-4H3,(H,21,23,24). The SMILES string of the molecule is Cc1ccc(C)c(-c2nnc(NC(=O)c3cccc(SC(C)C)c3)o2)c1. The normalized spacial score (nSPS) is 11.0. The molecule has 3 rings (SSSR count). The van der Waals surface area contributed by atoms with Crippen LogP contribution in [0.4, 0.5) is 6.01 Å². The summed E-state index contributed by atoms with van der Waals surface area (Å²) in [5, 5.41) is 11.1. The summed E-state index contributed by atoms with van der Waals surface area (Å²) in [4.78, 5) is 13.5. The number of anilines is 1. The zero-order valence-electron chi connectivity index (χ0n) is 15.2. The molecule has 6 heteroatoms. The first-order valence-corrected chi connectivity index (χ1v) is 9.29. The van der Waals surface area contributed by atoms with E-state index in [0.717, 1.165) is 21.6 Å². The number of rotatable bonds is 5. The molecule has 0 aliphatic rings. The van der Waals surface area contributed by atoms with E-state index in [1.54, 1.807) is 17.8 Å². The number of nitrogens with one attached hydrogen (secondary N) is 1. The van der Waals surface area contributed by atoms with Crippen LogP contribution in [0.1, 0.15) is 35.3 Å². The van der Waals surface area contributed by atoms with Gasteiger partial charge < -0.3 is 4.42 Å². The van der Waals surface area contributed by atoms with E-state index >= 15 is 0 Å². The van der Waals surface area contributed by atoms with Gasteiger partial charge in [0.05, 0.1) is 0 Å². The lowest BCUT2D eigenvalue weighted by atomic mass is 10.1. The molecule has 0 saturated carbocycles. The number of carbonyl (C=O) groups excluding carboxylic acids is 1. The summed E-state index contributed by atoms with van der Waals surface area (Å²) >= 11 is 1.71. The highest BCUT2D eigenvalue weighted by Gasteiger charge is 2.15. The Balaban J connectivity index is 1.77. The topological polar surface area (TPSA) is 68.0 Å². The van der Waals surface area contributed by atoms with Crippen molar-refractivity contribution in [3.63, 3.8) is 0 Å². The van der Waals surface area contributed by atoms with Gasteiger partial charge in [0.15, 0.2) is 0 Å². The number of thioether (sulfide) groups is 1. The Hall–Kier alpha value is -2.60.